The van der Waals surface area contributed by atoms with Crippen LogP contribution in [-0.4, -0.2) is 4.98 Å². The molecule has 0 saturated heterocycles. The molecule has 0 bridgehead atoms. The Hall–Kier alpha value is -1.63. The third kappa shape index (κ3) is 2.61. The first-order valence-corrected chi connectivity index (χ1v) is 6.56. The van der Waals surface area contributed by atoms with E-state index in [1.165, 1.54) is 22.3 Å². The summed E-state index contributed by atoms with van der Waals surface area (Å²) < 4.78 is 0. The van der Waals surface area contributed by atoms with Gasteiger partial charge in [-0.3, -0.25) is 4.98 Å². The Balaban J connectivity index is 2.50. The van der Waals surface area contributed by atoms with Crippen LogP contribution in [0.1, 0.15) is 38.8 Å². The highest BCUT2D eigenvalue weighted by Crippen LogP contribution is 2.32. The van der Waals surface area contributed by atoms with E-state index in [1.807, 2.05) is 12.4 Å². The quantitative estimate of drug-likeness (QED) is 0.746. The number of aryl methyl sites for hydroxylation is 1. The molecule has 0 atom stereocenters. The summed E-state index contributed by atoms with van der Waals surface area (Å²) in [7, 11) is 0. The van der Waals surface area contributed by atoms with Crippen molar-refractivity contribution in [2.75, 3.05) is 0 Å². The average Bonchev–Trinajstić information content (AvgIpc) is 2.38. The van der Waals surface area contributed by atoms with E-state index in [1.54, 1.807) is 0 Å². The third-order valence-electron chi connectivity index (χ3n) is 3.30. The summed E-state index contributed by atoms with van der Waals surface area (Å²) in [5.74, 6) is 0. The largest absolute Gasteiger partial charge is 0.264 e. The molecule has 18 heavy (non-hydrogen) atoms. The van der Waals surface area contributed by atoms with Crippen LogP contribution in [0, 0.1) is 0 Å². The van der Waals surface area contributed by atoms with E-state index >= 15 is 0 Å². The van der Waals surface area contributed by atoms with E-state index in [-0.39, 0.29) is 5.41 Å². The molecule has 1 heteroatoms. The summed E-state index contributed by atoms with van der Waals surface area (Å²) in [6, 6.07) is 11.0. The second-order valence-electron chi connectivity index (χ2n) is 5.72. The van der Waals surface area contributed by atoms with E-state index < -0.39 is 0 Å². The predicted octanol–water partition coefficient (Wildman–Crippen LogP) is 4.61. The minimum Gasteiger partial charge on any atom is -0.264 e. The molecule has 2 aromatic rings. The number of hydrogen-bond donors (Lipinski definition) is 0. The fourth-order valence-electron chi connectivity index (χ4n) is 2.16. The van der Waals surface area contributed by atoms with Crippen molar-refractivity contribution in [3.05, 3.63) is 53.9 Å². The lowest BCUT2D eigenvalue weighted by atomic mass is 9.83. The second kappa shape index (κ2) is 4.93. The molecule has 0 fully saturated rings. The minimum atomic E-state index is 0.118. The van der Waals surface area contributed by atoms with Crippen molar-refractivity contribution < 1.29 is 0 Å². The fourth-order valence-corrected chi connectivity index (χ4v) is 2.16. The summed E-state index contributed by atoms with van der Waals surface area (Å²) in [6.45, 7) is 8.87. The van der Waals surface area contributed by atoms with E-state index in [4.69, 9.17) is 0 Å². The van der Waals surface area contributed by atoms with Crippen molar-refractivity contribution in [2.24, 2.45) is 0 Å². The summed E-state index contributed by atoms with van der Waals surface area (Å²) in [6.07, 6.45) is 4.95. The van der Waals surface area contributed by atoms with Crippen LogP contribution in [0.3, 0.4) is 0 Å². The number of rotatable bonds is 2. The molecule has 1 aromatic heterocycles. The zero-order chi connectivity index (χ0) is 13.2. The third-order valence-corrected chi connectivity index (χ3v) is 3.30. The van der Waals surface area contributed by atoms with Crippen molar-refractivity contribution in [1.29, 1.82) is 0 Å². The zero-order valence-electron chi connectivity index (χ0n) is 11.7. The Labute approximate surface area is 110 Å². The van der Waals surface area contributed by atoms with Gasteiger partial charge in [0.25, 0.3) is 0 Å². The van der Waals surface area contributed by atoms with E-state index in [0.717, 1.165) is 6.42 Å². The molecular weight excluding hydrogens is 218 g/mol. The maximum Gasteiger partial charge on any atom is 0.0311 e. The first-order chi connectivity index (χ1) is 8.52. The lowest BCUT2D eigenvalue weighted by Crippen LogP contribution is -2.13. The maximum atomic E-state index is 4.27. The van der Waals surface area contributed by atoms with Crippen LogP contribution in [0.25, 0.3) is 11.1 Å². The number of aromatic nitrogens is 1. The van der Waals surface area contributed by atoms with E-state index in [2.05, 4.69) is 63.0 Å². The molecule has 0 N–H and O–H groups in total. The highest BCUT2D eigenvalue weighted by atomic mass is 14.6. The highest BCUT2D eigenvalue weighted by Gasteiger charge is 2.18. The van der Waals surface area contributed by atoms with Crippen LogP contribution >= 0.6 is 0 Å². The van der Waals surface area contributed by atoms with Crippen molar-refractivity contribution in [2.45, 2.75) is 39.5 Å². The van der Waals surface area contributed by atoms with Gasteiger partial charge >= 0.3 is 0 Å². The first kappa shape index (κ1) is 12.8. The molecule has 2 rings (SSSR count). The van der Waals surface area contributed by atoms with Gasteiger partial charge in [0.15, 0.2) is 0 Å². The Bertz CT molecular complexity index is 518. The van der Waals surface area contributed by atoms with E-state index in [9.17, 15) is 0 Å². The smallest absolute Gasteiger partial charge is 0.0311 e. The Morgan fingerprint density at radius 2 is 1.67 bits per heavy atom. The summed E-state index contributed by atoms with van der Waals surface area (Å²) in [4.78, 5) is 4.27. The van der Waals surface area contributed by atoms with Crippen LogP contribution in [-0.2, 0) is 11.8 Å². The lowest BCUT2D eigenvalue weighted by Gasteiger charge is -2.22. The number of nitrogens with zero attached hydrogens (tertiary/aromatic N) is 1. The van der Waals surface area contributed by atoms with Gasteiger partial charge in [0.2, 0.25) is 0 Å². The molecule has 0 spiro atoms. The fraction of sp³-hybridized carbons (Fsp3) is 0.353. The van der Waals surface area contributed by atoms with Gasteiger partial charge in [-0.25, -0.2) is 0 Å². The van der Waals surface area contributed by atoms with Crippen LogP contribution < -0.4 is 0 Å². The van der Waals surface area contributed by atoms with Gasteiger partial charge in [-0.05, 0) is 40.2 Å². The molecule has 0 aliphatic rings. The number of benzene rings is 1. The Kier molecular flexibility index (Phi) is 3.51. The van der Waals surface area contributed by atoms with Gasteiger partial charge in [0, 0.05) is 12.4 Å². The highest BCUT2D eigenvalue weighted by molar-refractivity contribution is 5.68. The zero-order valence-corrected chi connectivity index (χ0v) is 11.7. The average molecular weight is 239 g/mol. The summed E-state index contributed by atoms with van der Waals surface area (Å²) in [5.41, 5.74) is 5.37. The monoisotopic (exact) mass is 239 g/mol. The van der Waals surface area contributed by atoms with Crippen LogP contribution in [0.4, 0.5) is 0 Å². The molecule has 0 aliphatic carbocycles. The van der Waals surface area contributed by atoms with Gasteiger partial charge in [0.05, 0.1) is 0 Å². The van der Waals surface area contributed by atoms with Crippen LogP contribution in [0.5, 0.6) is 0 Å². The standard InChI is InChI=1S/C17H21N/c1-5-13-6-8-14(9-7-13)15-10-11-18-12-16(15)17(2,3)4/h6-12H,5H2,1-4H3. The van der Waals surface area contributed by atoms with Crippen molar-refractivity contribution in [3.63, 3.8) is 0 Å². The molecule has 1 nitrogen and oxygen atoms in total. The van der Waals surface area contributed by atoms with Crippen molar-refractivity contribution in [3.8, 4) is 11.1 Å². The Morgan fingerprint density at radius 1 is 1.00 bits per heavy atom. The van der Waals surface area contributed by atoms with E-state index in [0.29, 0.717) is 0 Å². The maximum absolute atomic E-state index is 4.27. The Morgan fingerprint density at radius 3 is 2.22 bits per heavy atom. The lowest BCUT2D eigenvalue weighted by molar-refractivity contribution is 0.589. The molecule has 1 heterocycles. The van der Waals surface area contributed by atoms with Gasteiger partial charge in [0.1, 0.15) is 0 Å². The molecule has 0 radical (unpaired) electrons. The first-order valence-electron chi connectivity index (χ1n) is 6.56. The molecule has 94 valence electrons. The van der Waals surface area contributed by atoms with Gasteiger partial charge < -0.3 is 0 Å². The van der Waals surface area contributed by atoms with Crippen molar-refractivity contribution >= 4 is 0 Å². The van der Waals surface area contributed by atoms with Crippen LogP contribution in [0.2, 0.25) is 0 Å². The molecular formula is C17H21N. The summed E-state index contributed by atoms with van der Waals surface area (Å²) >= 11 is 0. The SMILES string of the molecule is CCc1ccc(-c2ccncc2C(C)(C)C)cc1. The summed E-state index contributed by atoms with van der Waals surface area (Å²) in [5, 5.41) is 0. The second-order valence-corrected chi connectivity index (χ2v) is 5.72. The molecule has 0 saturated carbocycles. The van der Waals surface area contributed by atoms with Crippen molar-refractivity contribution in [1.82, 2.24) is 4.98 Å². The van der Waals surface area contributed by atoms with Gasteiger partial charge in [-0.2, -0.15) is 0 Å². The topological polar surface area (TPSA) is 12.9 Å². The molecule has 1 aromatic carbocycles. The number of pyridine rings is 1. The van der Waals surface area contributed by atoms with Crippen LogP contribution in [0.15, 0.2) is 42.7 Å². The normalized spacial score (nSPS) is 11.6. The van der Waals surface area contributed by atoms with Gasteiger partial charge in [-0.1, -0.05) is 52.0 Å². The number of hydrogen-bond acceptors (Lipinski definition) is 1. The molecule has 0 unspecified atom stereocenters. The minimum absolute atomic E-state index is 0.118. The molecule has 0 amide bonds. The molecule has 0 aliphatic heterocycles. The van der Waals surface area contributed by atoms with Gasteiger partial charge in [-0.15, -0.1) is 0 Å². The predicted molar refractivity (Wildman–Crippen MR) is 77.8 cm³/mol.